The first-order chi connectivity index (χ1) is 8.33. The van der Waals surface area contributed by atoms with Crippen molar-refractivity contribution in [2.45, 2.75) is 69.8 Å². The maximum absolute atomic E-state index is 8.69. The van der Waals surface area contributed by atoms with Crippen molar-refractivity contribution < 1.29 is 9.84 Å². The van der Waals surface area contributed by atoms with Crippen molar-refractivity contribution in [2.75, 3.05) is 19.8 Å². The van der Waals surface area contributed by atoms with Crippen LogP contribution in [0, 0.1) is 0 Å². The van der Waals surface area contributed by atoms with Crippen LogP contribution in [-0.2, 0) is 4.74 Å². The third kappa shape index (κ3) is 5.84. The Balaban J connectivity index is 2.16. The van der Waals surface area contributed by atoms with Gasteiger partial charge in [0.1, 0.15) is 0 Å². The molecule has 1 saturated carbocycles. The van der Waals surface area contributed by atoms with E-state index in [1.165, 1.54) is 25.7 Å². The molecule has 3 heteroatoms. The first-order valence-corrected chi connectivity index (χ1v) is 7.28. The molecule has 102 valence electrons. The lowest BCUT2D eigenvalue weighted by Gasteiger charge is -2.31. The molecule has 0 bridgehead atoms. The van der Waals surface area contributed by atoms with Crippen molar-refractivity contribution in [3.8, 4) is 0 Å². The summed E-state index contributed by atoms with van der Waals surface area (Å²) in [6.45, 7) is 1.82. The van der Waals surface area contributed by atoms with E-state index in [4.69, 9.17) is 15.6 Å². The van der Waals surface area contributed by atoms with E-state index in [1.807, 2.05) is 0 Å². The van der Waals surface area contributed by atoms with Crippen LogP contribution >= 0.6 is 0 Å². The minimum Gasteiger partial charge on any atom is -0.396 e. The zero-order chi connectivity index (χ0) is 12.4. The number of nitrogens with two attached hydrogens (primary N) is 1. The first-order valence-electron chi connectivity index (χ1n) is 7.28. The minimum atomic E-state index is -0.0204. The normalized spacial score (nSPS) is 20.1. The predicted molar refractivity (Wildman–Crippen MR) is 71.0 cm³/mol. The molecular formula is C14H29NO2. The summed E-state index contributed by atoms with van der Waals surface area (Å²) in [6.07, 6.45) is 11.8. The molecule has 0 spiro atoms. The molecule has 0 unspecified atom stereocenters. The lowest BCUT2D eigenvalue weighted by atomic mass is 9.94. The fourth-order valence-corrected chi connectivity index (χ4v) is 2.64. The highest BCUT2D eigenvalue weighted by Crippen LogP contribution is 2.29. The zero-order valence-corrected chi connectivity index (χ0v) is 11.1. The van der Waals surface area contributed by atoms with Gasteiger partial charge in [-0.2, -0.15) is 0 Å². The van der Waals surface area contributed by atoms with Crippen molar-refractivity contribution in [1.29, 1.82) is 0 Å². The second-order valence-electron chi connectivity index (χ2n) is 5.29. The van der Waals surface area contributed by atoms with Crippen LogP contribution in [0.5, 0.6) is 0 Å². The predicted octanol–water partition coefficient (Wildman–Crippen LogP) is 2.61. The summed E-state index contributed by atoms with van der Waals surface area (Å²) < 4.78 is 6.09. The average Bonchev–Trinajstić information content (AvgIpc) is 2.60. The fraction of sp³-hybridized carbons (Fsp3) is 1.00. The Bertz CT molecular complexity index is 177. The molecule has 0 aliphatic heterocycles. The van der Waals surface area contributed by atoms with E-state index < -0.39 is 0 Å². The van der Waals surface area contributed by atoms with Crippen LogP contribution in [0.4, 0.5) is 0 Å². The zero-order valence-electron chi connectivity index (χ0n) is 11.1. The number of rotatable bonds is 8. The van der Waals surface area contributed by atoms with Gasteiger partial charge in [0, 0.05) is 19.8 Å². The number of aliphatic hydroxyl groups excluding tert-OH is 1. The summed E-state index contributed by atoms with van der Waals surface area (Å²) >= 11 is 0. The molecule has 0 saturated heterocycles. The SMILES string of the molecule is NCC1(OCCCCCCO)CCCCCC1. The van der Waals surface area contributed by atoms with Crippen molar-refractivity contribution in [3.05, 3.63) is 0 Å². The van der Waals surface area contributed by atoms with Gasteiger partial charge in [-0.05, 0) is 25.7 Å². The molecule has 1 rings (SSSR count). The second kappa shape index (κ2) is 8.90. The minimum absolute atomic E-state index is 0.0204. The summed E-state index contributed by atoms with van der Waals surface area (Å²) in [5.41, 5.74) is 5.89. The average molecular weight is 243 g/mol. The monoisotopic (exact) mass is 243 g/mol. The molecular weight excluding hydrogens is 214 g/mol. The van der Waals surface area contributed by atoms with E-state index in [0.29, 0.717) is 13.2 Å². The molecule has 0 atom stereocenters. The van der Waals surface area contributed by atoms with Crippen LogP contribution in [0.25, 0.3) is 0 Å². The molecule has 1 aliphatic rings. The molecule has 0 amide bonds. The van der Waals surface area contributed by atoms with Crippen molar-refractivity contribution in [2.24, 2.45) is 5.73 Å². The largest absolute Gasteiger partial charge is 0.396 e. The summed E-state index contributed by atoms with van der Waals surface area (Å²) in [5.74, 6) is 0. The summed E-state index contributed by atoms with van der Waals surface area (Å²) in [6, 6.07) is 0. The second-order valence-corrected chi connectivity index (χ2v) is 5.29. The van der Waals surface area contributed by atoms with Crippen molar-refractivity contribution in [3.63, 3.8) is 0 Å². The van der Waals surface area contributed by atoms with Gasteiger partial charge in [-0.3, -0.25) is 0 Å². The topological polar surface area (TPSA) is 55.5 Å². The van der Waals surface area contributed by atoms with Crippen LogP contribution in [-0.4, -0.2) is 30.5 Å². The lowest BCUT2D eigenvalue weighted by molar-refractivity contribution is -0.0508. The van der Waals surface area contributed by atoms with Gasteiger partial charge in [-0.15, -0.1) is 0 Å². The van der Waals surface area contributed by atoms with Gasteiger partial charge in [0.15, 0.2) is 0 Å². The molecule has 3 N–H and O–H groups in total. The quantitative estimate of drug-likeness (QED) is 0.509. The number of hydrogen-bond donors (Lipinski definition) is 2. The highest BCUT2D eigenvalue weighted by atomic mass is 16.5. The molecule has 0 radical (unpaired) electrons. The van der Waals surface area contributed by atoms with Crippen LogP contribution in [0.15, 0.2) is 0 Å². The van der Waals surface area contributed by atoms with E-state index in [-0.39, 0.29) is 5.60 Å². The molecule has 3 nitrogen and oxygen atoms in total. The van der Waals surface area contributed by atoms with E-state index >= 15 is 0 Å². The molecule has 1 fully saturated rings. The van der Waals surface area contributed by atoms with Crippen LogP contribution in [0.2, 0.25) is 0 Å². The van der Waals surface area contributed by atoms with Crippen molar-refractivity contribution in [1.82, 2.24) is 0 Å². The van der Waals surface area contributed by atoms with E-state index in [0.717, 1.165) is 45.1 Å². The smallest absolute Gasteiger partial charge is 0.0804 e. The van der Waals surface area contributed by atoms with Gasteiger partial charge in [0.05, 0.1) is 5.60 Å². The Labute approximate surface area is 106 Å². The van der Waals surface area contributed by atoms with Gasteiger partial charge in [0.25, 0.3) is 0 Å². The lowest BCUT2D eigenvalue weighted by Crippen LogP contribution is -2.40. The maximum Gasteiger partial charge on any atom is 0.0804 e. The summed E-state index contributed by atoms with van der Waals surface area (Å²) in [4.78, 5) is 0. The Morgan fingerprint density at radius 2 is 1.59 bits per heavy atom. The van der Waals surface area contributed by atoms with E-state index in [9.17, 15) is 0 Å². The van der Waals surface area contributed by atoms with E-state index in [1.54, 1.807) is 0 Å². The Morgan fingerprint density at radius 3 is 2.18 bits per heavy atom. The highest BCUT2D eigenvalue weighted by molar-refractivity contribution is 4.84. The molecule has 0 aromatic rings. The summed E-state index contributed by atoms with van der Waals surface area (Å²) in [7, 11) is 0. The van der Waals surface area contributed by atoms with Gasteiger partial charge < -0.3 is 15.6 Å². The molecule has 17 heavy (non-hydrogen) atoms. The van der Waals surface area contributed by atoms with Crippen LogP contribution < -0.4 is 5.73 Å². The standard InChI is InChI=1S/C14H29NO2/c15-13-14(9-5-1-2-6-10-14)17-12-8-4-3-7-11-16/h16H,1-13,15H2. The number of unbranched alkanes of at least 4 members (excludes halogenated alkanes) is 3. The van der Waals surface area contributed by atoms with Gasteiger partial charge in [0.2, 0.25) is 0 Å². The van der Waals surface area contributed by atoms with Crippen LogP contribution in [0.1, 0.15) is 64.2 Å². The number of hydrogen-bond acceptors (Lipinski definition) is 3. The molecule has 0 aromatic heterocycles. The van der Waals surface area contributed by atoms with Crippen molar-refractivity contribution >= 4 is 0 Å². The first kappa shape index (κ1) is 14.9. The third-order valence-corrected chi connectivity index (χ3v) is 3.85. The van der Waals surface area contributed by atoms with Gasteiger partial charge >= 0.3 is 0 Å². The number of ether oxygens (including phenoxy) is 1. The Hall–Kier alpha value is -0.120. The third-order valence-electron chi connectivity index (χ3n) is 3.85. The molecule has 0 heterocycles. The Morgan fingerprint density at radius 1 is 0.941 bits per heavy atom. The van der Waals surface area contributed by atoms with Gasteiger partial charge in [-0.25, -0.2) is 0 Å². The summed E-state index contributed by atoms with van der Waals surface area (Å²) in [5, 5.41) is 8.69. The highest BCUT2D eigenvalue weighted by Gasteiger charge is 2.29. The van der Waals surface area contributed by atoms with E-state index in [2.05, 4.69) is 0 Å². The molecule has 0 aromatic carbocycles. The van der Waals surface area contributed by atoms with Crippen LogP contribution in [0.3, 0.4) is 0 Å². The molecule has 1 aliphatic carbocycles. The number of aliphatic hydroxyl groups is 1. The Kier molecular flexibility index (Phi) is 7.82. The maximum atomic E-state index is 8.69. The fourth-order valence-electron chi connectivity index (χ4n) is 2.64. The van der Waals surface area contributed by atoms with Gasteiger partial charge in [-0.1, -0.05) is 38.5 Å².